The second-order valence-electron chi connectivity index (χ2n) is 4.06. The van der Waals surface area contributed by atoms with Crippen molar-refractivity contribution in [2.75, 3.05) is 6.61 Å². The van der Waals surface area contributed by atoms with Crippen molar-refractivity contribution in [3.05, 3.63) is 40.9 Å². The van der Waals surface area contributed by atoms with Gasteiger partial charge in [-0.25, -0.2) is 4.98 Å². The van der Waals surface area contributed by atoms with Crippen molar-refractivity contribution >= 4 is 11.3 Å². The van der Waals surface area contributed by atoms with Crippen LogP contribution in [-0.4, -0.2) is 16.7 Å². The number of nitrogens with zero attached hydrogens (tertiary/aromatic N) is 1. The zero-order valence-corrected chi connectivity index (χ0v) is 10.8. The number of thiazole rings is 1. The Morgan fingerprint density at radius 3 is 2.59 bits per heavy atom. The van der Waals surface area contributed by atoms with Crippen LogP contribution >= 0.6 is 11.3 Å². The van der Waals surface area contributed by atoms with E-state index in [0.717, 1.165) is 17.1 Å². The van der Waals surface area contributed by atoms with Crippen molar-refractivity contribution in [1.29, 1.82) is 0 Å². The zero-order chi connectivity index (χ0) is 12.1. The molecule has 3 heteroatoms. The van der Waals surface area contributed by atoms with Crippen LogP contribution in [0.5, 0.6) is 0 Å². The van der Waals surface area contributed by atoms with Crippen LogP contribution in [0.3, 0.4) is 0 Å². The first-order valence-electron chi connectivity index (χ1n) is 5.98. The highest BCUT2D eigenvalue weighted by atomic mass is 32.1. The van der Waals surface area contributed by atoms with Crippen LogP contribution in [0.15, 0.2) is 29.6 Å². The van der Waals surface area contributed by atoms with Crippen LogP contribution in [0.25, 0.3) is 10.6 Å². The normalized spacial score (nSPS) is 10.7. The molecule has 0 bridgehead atoms. The van der Waals surface area contributed by atoms with E-state index in [1.807, 2.05) is 5.38 Å². The van der Waals surface area contributed by atoms with Gasteiger partial charge in [-0.2, -0.15) is 0 Å². The van der Waals surface area contributed by atoms with Gasteiger partial charge in [-0.1, -0.05) is 37.6 Å². The van der Waals surface area contributed by atoms with E-state index in [2.05, 4.69) is 36.2 Å². The maximum absolute atomic E-state index is 8.86. The standard InChI is InChI=1S/C14H17NOS/c1-2-3-11-4-6-12(7-5-11)14-15-13(8-9-16)10-17-14/h4-7,10,16H,2-3,8-9H2,1H3. The van der Waals surface area contributed by atoms with E-state index in [9.17, 15) is 0 Å². The molecule has 2 nitrogen and oxygen atoms in total. The molecule has 0 atom stereocenters. The van der Waals surface area contributed by atoms with Crippen molar-refractivity contribution < 1.29 is 5.11 Å². The Hall–Kier alpha value is -1.19. The Morgan fingerprint density at radius 2 is 1.94 bits per heavy atom. The number of aromatic nitrogens is 1. The van der Waals surface area contributed by atoms with Gasteiger partial charge in [-0.05, 0) is 12.0 Å². The number of hydrogen-bond donors (Lipinski definition) is 1. The summed E-state index contributed by atoms with van der Waals surface area (Å²) in [4.78, 5) is 4.50. The molecule has 0 saturated heterocycles. The average molecular weight is 247 g/mol. The third-order valence-corrected chi connectivity index (χ3v) is 3.60. The first kappa shape index (κ1) is 12.3. The van der Waals surface area contributed by atoms with Gasteiger partial charge in [0.2, 0.25) is 0 Å². The molecule has 0 aliphatic heterocycles. The van der Waals surface area contributed by atoms with Gasteiger partial charge < -0.3 is 5.11 Å². The van der Waals surface area contributed by atoms with Crippen molar-refractivity contribution in [2.24, 2.45) is 0 Å². The fourth-order valence-electron chi connectivity index (χ4n) is 1.77. The van der Waals surface area contributed by atoms with E-state index in [-0.39, 0.29) is 6.61 Å². The Labute approximate surface area is 106 Å². The lowest BCUT2D eigenvalue weighted by Gasteiger charge is -2.00. The molecule has 0 spiro atoms. The Bertz CT molecular complexity index is 461. The van der Waals surface area contributed by atoms with E-state index in [4.69, 9.17) is 5.11 Å². The fraction of sp³-hybridized carbons (Fsp3) is 0.357. The SMILES string of the molecule is CCCc1ccc(-c2nc(CCO)cs2)cc1. The molecule has 90 valence electrons. The summed E-state index contributed by atoms with van der Waals surface area (Å²) in [5, 5.41) is 11.9. The molecule has 0 aliphatic rings. The summed E-state index contributed by atoms with van der Waals surface area (Å²) in [6, 6.07) is 8.61. The summed E-state index contributed by atoms with van der Waals surface area (Å²) in [7, 11) is 0. The van der Waals surface area contributed by atoms with Crippen LogP contribution in [0, 0.1) is 0 Å². The molecule has 0 aliphatic carbocycles. The first-order chi connectivity index (χ1) is 8.33. The van der Waals surface area contributed by atoms with Crippen molar-refractivity contribution in [1.82, 2.24) is 4.98 Å². The summed E-state index contributed by atoms with van der Waals surface area (Å²) < 4.78 is 0. The molecule has 17 heavy (non-hydrogen) atoms. The lowest BCUT2D eigenvalue weighted by atomic mass is 10.1. The highest BCUT2D eigenvalue weighted by Gasteiger charge is 2.04. The van der Waals surface area contributed by atoms with Gasteiger partial charge in [-0.15, -0.1) is 11.3 Å². The van der Waals surface area contributed by atoms with Crippen molar-refractivity contribution in [3.63, 3.8) is 0 Å². The molecule has 0 amide bonds. The van der Waals surface area contributed by atoms with E-state index in [1.54, 1.807) is 11.3 Å². The van der Waals surface area contributed by atoms with E-state index < -0.39 is 0 Å². The molecule has 0 radical (unpaired) electrons. The van der Waals surface area contributed by atoms with Gasteiger partial charge in [0.1, 0.15) is 5.01 Å². The molecule has 1 aromatic heterocycles. The molecule has 1 heterocycles. The number of benzene rings is 1. The molecule has 1 aromatic carbocycles. The van der Waals surface area contributed by atoms with Gasteiger partial charge in [0, 0.05) is 24.0 Å². The van der Waals surface area contributed by atoms with Crippen LogP contribution in [0.4, 0.5) is 0 Å². The average Bonchev–Trinajstić information content (AvgIpc) is 2.80. The third-order valence-electron chi connectivity index (χ3n) is 2.66. The van der Waals surface area contributed by atoms with E-state index >= 15 is 0 Å². The fourth-order valence-corrected chi connectivity index (χ4v) is 2.63. The van der Waals surface area contributed by atoms with Gasteiger partial charge in [0.05, 0.1) is 5.69 Å². The predicted octanol–water partition coefficient (Wildman–Crippen LogP) is 3.30. The Balaban J connectivity index is 2.15. The van der Waals surface area contributed by atoms with E-state index in [0.29, 0.717) is 6.42 Å². The maximum atomic E-state index is 8.86. The van der Waals surface area contributed by atoms with Gasteiger partial charge in [0.15, 0.2) is 0 Å². The summed E-state index contributed by atoms with van der Waals surface area (Å²) >= 11 is 1.64. The first-order valence-corrected chi connectivity index (χ1v) is 6.86. The summed E-state index contributed by atoms with van der Waals surface area (Å²) in [6.07, 6.45) is 2.95. The van der Waals surface area contributed by atoms with Gasteiger partial charge in [-0.3, -0.25) is 0 Å². The Morgan fingerprint density at radius 1 is 1.18 bits per heavy atom. The molecule has 2 rings (SSSR count). The second-order valence-corrected chi connectivity index (χ2v) is 4.92. The number of rotatable bonds is 5. The molecule has 2 aromatic rings. The minimum atomic E-state index is 0.165. The zero-order valence-electron chi connectivity index (χ0n) is 10.0. The predicted molar refractivity (Wildman–Crippen MR) is 72.3 cm³/mol. The lowest BCUT2D eigenvalue weighted by Crippen LogP contribution is -1.90. The molecule has 0 fully saturated rings. The van der Waals surface area contributed by atoms with E-state index in [1.165, 1.54) is 17.5 Å². The summed E-state index contributed by atoms with van der Waals surface area (Å²) in [5.74, 6) is 0. The number of aryl methyl sites for hydroxylation is 1. The second kappa shape index (κ2) is 5.94. The maximum Gasteiger partial charge on any atom is 0.123 e. The minimum absolute atomic E-state index is 0.165. The van der Waals surface area contributed by atoms with Gasteiger partial charge >= 0.3 is 0 Å². The van der Waals surface area contributed by atoms with Crippen LogP contribution in [0.2, 0.25) is 0 Å². The minimum Gasteiger partial charge on any atom is -0.396 e. The van der Waals surface area contributed by atoms with Crippen LogP contribution in [-0.2, 0) is 12.8 Å². The Kier molecular flexibility index (Phi) is 4.29. The summed E-state index contributed by atoms with van der Waals surface area (Å²) in [5.41, 5.74) is 3.52. The lowest BCUT2D eigenvalue weighted by molar-refractivity contribution is 0.298. The monoisotopic (exact) mass is 247 g/mol. The van der Waals surface area contributed by atoms with Crippen LogP contribution < -0.4 is 0 Å². The topological polar surface area (TPSA) is 33.1 Å². The third kappa shape index (κ3) is 3.14. The number of aliphatic hydroxyl groups excluding tert-OH is 1. The number of hydrogen-bond acceptors (Lipinski definition) is 3. The summed E-state index contributed by atoms with van der Waals surface area (Å²) in [6.45, 7) is 2.36. The molecule has 1 N–H and O–H groups in total. The molecule has 0 unspecified atom stereocenters. The number of aliphatic hydroxyl groups is 1. The largest absolute Gasteiger partial charge is 0.396 e. The highest BCUT2D eigenvalue weighted by Crippen LogP contribution is 2.24. The molecular formula is C14H17NOS. The van der Waals surface area contributed by atoms with Crippen molar-refractivity contribution in [3.8, 4) is 10.6 Å². The van der Waals surface area contributed by atoms with Crippen LogP contribution in [0.1, 0.15) is 24.6 Å². The van der Waals surface area contributed by atoms with Gasteiger partial charge in [0.25, 0.3) is 0 Å². The highest BCUT2D eigenvalue weighted by molar-refractivity contribution is 7.13. The quantitative estimate of drug-likeness (QED) is 0.879. The molecular weight excluding hydrogens is 230 g/mol. The van der Waals surface area contributed by atoms with Crippen molar-refractivity contribution in [2.45, 2.75) is 26.2 Å². The smallest absolute Gasteiger partial charge is 0.123 e. The molecule has 0 saturated carbocycles.